The second-order valence-electron chi connectivity index (χ2n) is 14.8. The van der Waals surface area contributed by atoms with Crippen molar-refractivity contribution in [3.8, 4) is 0 Å². The molecule has 5 aromatic rings. The summed E-state index contributed by atoms with van der Waals surface area (Å²) >= 11 is 0. The van der Waals surface area contributed by atoms with Crippen LogP contribution in [0.3, 0.4) is 0 Å². The van der Waals surface area contributed by atoms with E-state index >= 15 is 0 Å². The SMILES string of the molecule is C\C=C(/C=C\C=C(/C)C1=CC=CC(N(C)C)=C(c2ccccc2)C1)N/C=C/C=C(\C=N/C(=C/C=C(\CC)c1ccc2ccccc2c1)CC)c1cccc2ccccc12. The number of aliphatic imine (C=N–C) groups is 1. The summed E-state index contributed by atoms with van der Waals surface area (Å²) in [5.74, 6) is 0. The van der Waals surface area contributed by atoms with Crippen LogP contribution in [0.5, 0.6) is 0 Å². The zero-order chi connectivity index (χ0) is 41.4. The van der Waals surface area contributed by atoms with Crippen LogP contribution in [0.4, 0.5) is 0 Å². The van der Waals surface area contributed by atoms with Gasteiger partial charge in [-0.3, -0.25) is 4.99 Å². The molecule has 3 nitrogen and oxygen atoms in total. The van der Waals surface area contributed by atoms with E-state index in [9.17, 15) is 0 Å². The van der Waals surface area contributed by atoms with Crippen LogP contribution < -0.4 is 5.32 Å². The van der Waals surface area contributed by atoms with E-state index in [-0.39, 0.29) is 0 Å². The largest absolute Gasteiger partial charge is 0.377 e. The lowest BCUT2D eigenvalue weighted by molar-refractivity contribution is 0.531. The summed E-state index contributed by atoms with van der Waals surface area (Å²) in [6, 6.07) is 41.0. The Morgan fingerprint density at radius 1 is 0.746 bits per heavy atom. The minimum Gasteiger partial charge on any atom is -0.377 e. The Hall–Kier alpha value is -6.71. The molecule has 0 saturated carbocycles. The molecule has 0 amide bonds. The Balaban J connectivity index is 1.20. The van der Waals surface area contributed by atoms with Gasteiger partial charge in [-0.15, -0.1) is 0 Å². The molecule has 1 aliphatic rings. The molecular formula is C56H57N3. The van der Waals surface area contributed by atoms with E-state index in [2.05, 4.69) is 234 Å². The molecule has 3 heteroatoms. The Kier molecular flexibility index (Phi) is 15.0. The van der Waals surface area contributed by atoms with Gasteiger partial charge in [-0.1, -0.05) is 166 Å². The number of benzene rings is 5. The van der Waals surface area contributed by atoms with Crippen molar-refractivity contribution in [1.29, 1.82) is 0 Å². The predicted molar refractivity (Wildman–Crippen MR) is 259 cm³/mol. The molecule has 0 aromatic heterocycles. The molecule has 0 unspecified atom stereocenters. The molecule has 59 heavy (non-hydrogen) atoms. The van der Waals surface area contributed by atoms with Gasteiger partial charge in [0.2, 0.25) is 0 Å². The molecular weight excluding hydrogens is 715 g/mol. The minimum absolute atomic E-state index is 0.822. The van der Waals surface area contributed by atoms with E-state index in [4.69, 9.17) is 4.99 Å². The first-order chi connectivity index (χ1) is 28.9. The Morgan fingerprint density at radius 2 is 1.49 bits per heavy atom. The zero-order valence-corrected chi connectivity index (χ0v) is 35.5. The number of nitrogens with zero attached hydrogens (tertiary/aromatic N) is 2. The van der Waals surface area contributed by atoms with E-state index in [1.807, 2.05) is 12.4 Å². The van der Waals surface area contributed by atoms with Crippen LogP contribution in [-0.4, -0.2) is 25.2 Å². The van der Waals surface area contributed by atoms with E-state index < -0.39 is 0 Å². The number of hydrogen-bond acceptors (Lipinski definition) is 3. The lowest BCUT2D eigenvalue weighted by Gasteiger charge is -2.20. The summed E-state index contributed by atoms with van der Waals surface area (Å²) in [5.41, 5.74) is 13.1. The van der Waals surface area contributed by atoms with Gasteiger partial charge in [0.25, 0.3) is 0 Å². The number of allylic oxidation sites excluding steroid dienone is 17. The van der Waals surface area contributed by atoms with Crippen molar-refractivity contribution in [3.05, 3.63) is 233 Å². The molecule has 0 saturated heterocycles. The Bertz CT molecular complexity index is 2590. The molecule has 0 heterocycles. The van der Waals surface area contributed by atoms with Gasteiger partial charge >= 0.3 is 0 Å². The fraction of sp³-hybridized carbons (Fsp3) is 0.161. The van der Waals surface area contributed by atoms with E-state index in [0.717, 1.165) is 41.8 Å². The van der Waals surface area contributed by atoms with Gasteiger partial charge in [-0.05, 0) is 118 Å². The summed E-state index contributed by atoms with van der Waals surface area (Å²) in [7, 11) is 4.23. The van der Waals surface area contributed by atoms with Crippen LogP contribution in [-0.2, 0) is 0 Å². The summed E-state index contributed by atoms with van der Waals surface area (Å²) in [5, 5.41) is 8.40. The van der Waals surface area contributed by atoms with E-state index in [0.29, 0.717) is 0 Å². The van der Waals surface area contributed by atoms with Crippen LogP contribution >= 0.6 is 0 Å². The van der Waals surface area contributed by atoms with Gasteiger partial charge in [0.05, 0.1) is 0 Å². The van der Waals surface area contributed by atoms with Gasteiger partial charge in [0.15, 0.2) is 0 Å². The average Bonchev–Trinajstić information content (AvgIpc) is 3.51. The quantitative estimate of drug-likeness (QED) is 0.0848. The second kappa shape index (κ2) is 21.2. The van der Waals surface area contributed by atoms with Crippen molar-refractivity contribution in [1.82, 2.24) is 10.2 Å². The van der Waals surface area contributed by atoms with Gasteiger partial charge in [0.1, 0.15) is 0 Å². The maximum Gasteiger partial charge on any atom is 0.0403 e. The van der Waals surface area contributed by atoms with Crippen LogP contribution in [0.15, 0.2) is 222 Å². The first-order valence-corrected chi connectivity index (χ1v) is 20.8. The van der Waals surface area contributed by atoms with Crippen molar-refractivity contribution in [3.63, 3.8) is 0 Å². The monoisotopic (exact) mass is 771 g/mol. The van der Waals surface area contributed by atoms with Crippen molar-refractivity contribution in [2.45, 2.75) is 47.0 Å². The maximum absolute atomic E-state index is 5.07. The molecule has 1 N–H and O–H groups in total. The smallest absolute Gasteiger partial charge is 0.0403 e. The van der Waals surface area contributed by atoms with Crippen molar-refractivity contribution >= 4 is 44.5 Å². The Labute approximate surface area is 352 Å². The lowest BCUT2D eigenvalue weighted by atomic mass is 9.93. The summed E-state index contributed by atoms with van der Waals surface area (Å²) in [6.07, 6.45) is 30.4. The Morgan fingerprint density at radius 3 is 2.25 bits per heavy atom. The highest BCUT2D eigenvalue weighted by atomic mass is 15.1. The van der Waals surface area contributed by atoms with Gasteiger partial charge in [0, 0.05) is 55.6 Å². The van der Waals surface area contributed by atoms with Gasteiger partial charge < -0.3 is 10.2 Å². The summed E-state index contributed by atoms with van der Waals surface area (Å²) in [4.78, 5) is 7.27. The molecule has 0 fully saturated rings. The number of fused-ring (bicyclic) bond motifs is 2. The number of nitrogens with one attached hydrogen (secondary N) is 1. The fourth-order valence-electron chi connectivity index (χ4n) is 7.29. The normalized spacial score (nSPS) is 14.9. The minimum atomic E-state index is 0.822. The first-order valence-electron chi connectivity index (χ1n) is 20.8. The number of likely N-dealkylation sites (N-methyl/N-ethyl adjacent to an activating group) is 1. The maximum atomic E-state index is 5.07. The second-order valence-corrected chi connectivity index (χ2v) is 14.8. The molecule has 0 bridgehead atoms. The van der Waals surface area contributed by atoms with Crippen molar-refractivity contribution in [2.24, 2.45) is 4.99 Å². The highest BCUT2D eigenvalue weighted by molar-refractivity contribution is 6.15. The topological polar surface area (TPSA) is 27.6 Å². The standard InChI is InChI=1S/C56H57N3/c1-7-43(49-35-34-44-22-13-14-26-48(44)39-49)36-37-52(9-3)58-41-50(54-32-18-27-45-25-15-16-31-53(45)54)29-20-38-57-51(8-2)30-17-21-42(4)47-28-19-33-56(59(5)6)55(40-47)46-23-11-10-12-24-46/h8,10-39,41,57H,7,9,40H2,1-6H3/b30-17-,38-20+,42-21+,43-36+,50-29+,51-8+,52-37+,58-41-. The van der Waals surface area contributed by atoms with E-state index in [1.165, 1.54) is 60.7 Å². The third-order valence-electron chi connectivity index (χ3n) is 10.7. The highest BCUT2D eigenvalue weighted by Gasteiger charge is 2.14. The predicted octanol–water partition coefficient (Wildman–Crippen LogP) is 14.6. The van der Waals surface area contributed by atoms with Crippen LogP contribution in [0.2, 0.25) is 0 Å². The number of hydrogen-bond donors (Lipinski definition) is 1. The molecule has 0 spiro atoms. The molecule has 5 aromatic carbocycles. The fourth-order valence-corrected chi connectivity index (χ4v) is 7.29. The van der Waals surface area contributed by atoms with Crippen molar-refractivity contribution in [2.75, 3.05) is 14.1 Å². The lowest BCUT2D eigenvalue weighted by Crippen LogP contribution is -2.11. The summed E-state index contributed by atoms with van der Waals surface area (Å²) in [6.45, 7) is 8.62. The first kappa shape index (κ1) is 41.9. The number of rotatable bonds is 15. The molecule has 0 radical (unpaired) electrons. The van der Waals surface area contributed by atoms with Gasteiger partial charge in [-0.2, -0.15) is 0 Å². The molecule has 0 atom stereocenters. The van der Waals surface area contributed by atoms with Crippen LogP contribution in [0, 0.1) is 0 Å². The third-order valence-corrected chi connectivity index (χ3v) is 10.7. The van der Waals surface area contributed by atoms with Crippen LogP contribution in [0.25, 0.3) is 38.3 Å². The highest BCUT2D eigenvalue weighted by Crippen LogP contribution is 2.33. The summed E-state index contributed by atoms with van der Waals surface area (Å²) < 4.78 is 0. The van der Waals surface area contributed by atoms with Crippen molar-refractivity contribution < 1.29 is 0 Å². The average molecular weight is 772 g/mol. The molecule has 0 aliphatic heterocycles. The third kappa shape index (κ3) is 11.2. The van der Waals surface area contributed by atoms with Crippen LogP contribution in [0.1, 0.15) is 63.6 Å². The van der Waals surface area contributed by atoms with E-state index in [1.54, 1.807) is 0 Å². The molecule has 6 rings (SSSR count). The molecule has 296 valence electrons. The molecule has 1 aliphatic carbocycles. The zero-order valence-electron chi connectivity index (χ0n) is 35.5. The van der Waals surface area contributed by atoms with Gasteiger partial charge in [-0.25, -0.2) is 0 Å².